The molecular formula is C11H14ClFN2OS. The third kappa shape index (κ3) is 2.86. The molecule has 2 rings (SSSR count). The zero-order valence-electron chi connectivity index (χ0n) is 9.33. The summed E-state index contributed by atoms with van der Waals surface area (Å²) in [6, 6.07) is 4.50. The first-order valence-electron chi connectivity index (χ1n) is 4.95. The number of nitrogens with one attached hydrogen (secondary N) is 1. The predicted octanol–water partition coefficient (Wildman–Crippen LogP) is 1.99. The summed E-state index contributed by atoms with van der Waals surface area (Å²) in [5.41, 5.74) is 6.02. The Morgan fingerprint density at radius 2 is 2.24 bits per heavy atom. The standard InChI is InChI=1S/C11H13FN2OS.ClH/c1-11(6-15-5-10(16)14-11)8-4-7(13)2-3-9(8)12;/h2-4H,5-6,13H2,1H3,(H,14,16);1H/t11-;/m1./s1. The minimum Gasteiger partial charge on any atom is -0.399 e. The second kappa shape index (κ2) is 5.16. The second-order valence-corrected chi connectivity index (χ2v) is 4.61. The van der Waals surface area contributed by atoms with Gasteiger partial charge in [0, 0.05) is 11.3 Å². The van der Waals surface area contributed by atoms with Crippen molar-refractivity contribution >= 4 is 35.3 Å². The number of anilines is 1. The van der Waals surface area contributed by atoms with E-state index >= 15 is 0 Å². The maximum atomic E-state index is 13.7. The van der Waals surface area contributed by atoms with Gasteiger partial charge in [-0.05, 0) is 25.1 Å². The van der Waals surface area contributed by atoms with E-state index in [1.165, 1.54) is 12.1 Å². The number of hydrogen-bond acceptors (Lipinski definition) is 3. The van der Waals surface area contributed by atoms with Crippen molar-refractivity contribution < 1.29 is 9.13 Å². The van der Waals surface area contributed by atoms with Crippen molar-refractivity contribution in [3.05, 3.63) is 29.6 Å². The number of ether oxygens (including phenoxy) is 1. The average molecular weight is 277 g/mol. The molecule has 1 saturated heterocycles. The summed E-state index contributed by atoms with van der Waals surface area (Å²) in [5, 5.41) is 3.09. The van der Waals surface area contributed by atoms with E-state index in [0.29, 0.717) is 29.5 Å². The highest BCUT2D eigenvalue weighted by atomic mass is 35.5. The Morgan fingerprint density at radius 3 is 2.88 bits per heavy atom. The lowest BCUT2D eigenvalue weighted by Crippen LogP contribution is -2.52. The van der Waals surface area contributed by atoms with Gasteiger partial charge in [-0.2, -0.15) is 0 Å². The van der Waals surface area contributed by atoms with Crippen molar-refractivity contribution in [1.82, 2.24) is 5.32 Å². The van der Waals surface area contributed by atoms with Gasteiger partial charge in [0.25, 0.3) is 0 Å². The van der Waals surface area contributed by atoms with Crippen molar-refractivity contribution in [3.8, 4) is 0 Å². The predicted molar refractivity (Wildman–Crippen MR) is 72.0 cm³/mol. The Kier molecular flexibility index (Phi) is 4.30. The molecule has 0 spiro atoms. The lowest BCUT2D eigenvalue weighted by Gasteiger charge is -2.36. The molecule has 1 heterocycles. The van der Waals surface area contributed by atoms with Gasteiger partial charge >= 0.3 is 0 Å². The topological polar surface area (TPSA) is 47.3 Å². The third-order valence-corrected chi connectivity index (χ3v) is 2.84. The van der Waals surface area contributed by atoms with E-state index in [2.05, 4.69) is 5.32 Å². The van der Waals surface area contributed by atoms with Crippen LogP contribution in [-0.4, -0.2) is 18.2 Å². The fourth-order valence-electron chi connectivity index (χ4n) is 1.84. The van der Waals surface area contributed by atoms with Gasteiger partial charge < -0.3 is 15.8 Å². The van der Waals surface area contributed by atoms with Crippen LogP contribution in [0, 0.1) is 5.82 Å². The first-order chi connectivity index (χ1) is 7.51. The Balaban J connectivity index is 0.00000144. The summed E-state index contributed by atoms with van der Waals surface area (Å²) in [6.45, 7) is 2.60. The Labute approximate surface area is 111 Å². The summed E-state index contributed by atoms with van der Waals surface area (Å²) in [5.74, 6) is -0.308. The zero-order chi connectivity index (χ0) is 11.8. The number of nitrogen functional groups attached to an aromatic ring is 1. The summed E-state index contributed by atoms with van der Waals surface area (Å²) in [6.07, 6.45) is 0. The van der Waals surface area contributed by atoms with Gasteiger partial charge in [-0.3, -0.25) is 0 Å². The fourth-order valence-corrected chi connectivity index (χ4v) is 2.15. The molecule has 1 aliphatic heterocycles. The molecule has 3 nitrogen and oxygen atoms in total. The number of thiocarbonyl (C=S) groups is 1. The summed E-state index contributed by atoms with van der Waals surface area (Å²) in [7, 11) is 0. The van der Waals surface area contributed by atoms with Crippen LogP contribution in [0.1, 0.15) is 12.5 Å². The maximum Gasteiger partial charge on any atom is 0.128 e. The third-order valence-electron chi connectivity index (χ3n) is 2.62. The van der Waals surface area contributed by atoms with Gasteiger partial charge in [-0.1, -0.05) is 12.2 Å². The van der Waals surface area contributed by atoms with Crippen LogP contribution in [0.15, 0.2) is 18.2 Å². The lowest BCUT2D eigenvalue weighted by molar-refractivity contribution is 0.0857. The van der Waals surface area contributed by atoms with E-state index in [4.69, 9.17) is 22.7 Å². The van der Waals surface area contributed by atoms with Crippen LogP contribution in [0.4, 0.5) is 10.1 Å². The van der Waals surface area contributed by atoms with E-state index in [1.54, 1.807) is 6.07 Å². The van der Waals surface area contributed by atoms with Gasteiger partial charge in [0.1, 0.15) is 10.8 Å². The normalized spacial score (nSPS) is 23.8. The van der Waals surface area contributed by atoms with Gasteiger partial charge in [0.15, 0.2) is 0 Å². The van der Waals surface area contributed by atoms with Crippen LogP contribution in [0.2, 0.25) is 0 Å². The van der Waals surface area contributed by atoms with Crippen molar-refractivity contribution in [2.45, 2.75) is 12.5 Å². The number of rotatable bonds is 1. The summed E-state index contributed by atoms with van der Waals surface area (Å²) >= 11 is 5.04. The molecule has 0 aromatic heterocycles. The quantitative estimate of drug-likeness (QED) is 0.608. The molecule has 0 amide bonds. The highest BCUT2D eigenvalue weighted by Crippen LogP contribution is 2.27. The minimum absolute atomic E-state index is 0. The number of hydrogen-bond donors (Lipinski definition) is 2. The van der Waals surface area contributed by atoms with Crippen molar-refractivity contribution in [2.24, 2.45) is 0 Å². The molecule has 6 heteroatoms. The minimum atomic E-state index is -0.644. The molecule has 1 fully saturated rings. The van der Waals surface area contributed by atoms with E-state index in [1.807, 2.05) is 6.92 Å². The van der Waals surface area contributed by atoms with Gasteiger partial charge in [-0.15, -0.1) is 12.4 Å². The molecule has 17 heavy (non-hydrogen) atoms. The van der Waals surface area contributed by atoms with E-state index in [-0.39, 0.29) is 18.2 Å². The van der Waals surface area contributed by atoms with Gasteiger partial charge in [0.2, 0.25) is 0 Å². The Morgan fingerprint density at radius 1 is 1.53 bits per heavy atom. The smallest absolute Gasteiger partial charge is 0.128 e. The fraction of sp³-hybridized carbons (Fsp3) is 0.364. The van der Waals surface area contributed by atoms with Crippen LogP contribution in [0.25, 0.3) is 0 Å². The molecule has 0 aliphatic carbocycles. The molecule has 1 aromatic carbocycles. The highest BCUT2D eigenvalue weighted by Gasteiger charge is 2.33. The van der Waals surface area contributed by atoms with Crippen molar-refractivity contribution in [3.63, 3.8) is 0 Å². The van der Waals surface area contributed by atoms with E-state index < -0.39 is 5.54 Å². The lowest BCUT2D eigenvalue weighted by atomic mass is 9.91. The zero-order valence-corrected chi connectivity index (χ0v) is 11.0. The Bertz CT molecular complexity index is 443. The first kappa shape index (κ1) is 14.2. The van der Waals surface area contributed by atoms with Gasteiger partial charge in [0.05, 0.1) is 18.8 Å². The molecule has 0 saturated carbocycles. The first-order valence-corrected chi connectivity index (χ1v) is 5.36. The van der Waals surface area contributed by atoms with Crippen molar-refractivity contribution in [1.29, 1.82) is 0 Å². The van der Waals surface area contributed by atoms with E-state index in [0.717, 1.165) is 0 Å². The SMILES string of the molecule is C[C@]1(c2cc(N)ccc2F)COCC(=S)N1.Cl. The molecule has 0 bridgehead atoms. The van der Waals surface area contributed by atoms with Crippen LogP contribution in [0.3, 0.4) is 0 Å². The van der Waals surface area contributed by atoms with Crippen LogP contribution in [0.5, 0.6) is 0 Å². The van der Waals surface area contributed by atoms with E-state index in [9.17, 15) is 4.39 Å². The monoisotopic (exact) mass is 276 g/mol. The second-order valence-electron chi connectivity index (χ2n) is 4.11. The summed E-state index contributed by atoms with van der Waals surface area (Å²) in [4.78, 5) is 0.579. The Hall–Kier alpha value is -0.910. The maximum absolute atomic E-state index is 13.7. The van der Waals surface area contributed by atoms with Gasteiger partial charge in [-0.25, -0.2) is 4.39 Å². The molecule has 1 aromatic rings. The van der Waals surface area contributed by atoms with Crippen LogP contribution in [-0.2, 0) is 10.3 Å². The number of nitrogens with two attached hydrogens (primary N) is 1. The molecule has 0 unspecified atom stereocenters. The molecule has 94 valence electrons. The number of halogens is 2. The number of morpholine rings is 1. The average Bonchev–Trinajstić information content (AvgIpc) is 2.21. The summed E-state index contributed by atoms with van der Waals surface area (Å²) < 4.78 is 19.1. The molecule has 0 radical (unpaired) electrons. The van der Waals surface area contributed by atoms with Crippen molar-refractivity contribution in [2.75, 3.05) is 18.9 Å². The molecule has 1 atom stereocenters. The largest absolute Gasteiger partial charge is 0.399 e. The molecule has 3 N–H and O–H groups in total. The molecule has 1 aliphatic rings. The van der Waals surface area contributed by atoms with Crippen LogP contribution >= 0.6 is 24.6 Å². The highest BCUT2D eigenvalue weighted by molar-refractivity contribution is 7.80. The van der Waals surface area contributed by atoms with Crippen LogP contribution < -0.4 is 11.1 Å². The number of benzene rings is 1. The molecular weight excluding hydrogens is 263 g/mol.